The molecule has 2 rings (SSSR count). The number of hydrogen-bond donors (Lipinski definition) is 1. The predicted molar refractivity (Wildman–Crippen MR) is 66.5 cm³/mol. The number of nitrogens with zero attached hydrogens (tertiary/aromatic N) is 4. The van der Waals surface area contributed by atoms with Gasteiger partial charge in [-0.2, -0.15) is 9.97 Å². The summed E-state index contributed by atoms with van der Waals surface area (Å²) < 4.78 is 0. The molecule has 2 N–H and O–H groups in total. The van der Waals surface area contributed by atoms with Gasteiger partial charge in [-0.15, -0.1) is 0 Å². The molecule has 2 heterocycles. The number of aromatic nitrogens is 4. The predicted octanol–water partition coefficient (Wildman–Crippen LogP) is 2.12. The van der Waals surface area contributed by atoms with Gasteiger partial charge in [0.15, 0.2) is 5.82 Å². The Kier molecular flexibility index (Phi) is 3.49. The van der Waals surface area contributed by atoms with Crippen molar-refractivity contribution >= 4 is 17.5 Å². The van der Waals surface area contributed by atoms with E-state index in [1.54, 1.807) is 18.3 Å². The van der Waals surface area contributed by atoms with Gasteiger partial charge in [0.25, 0.3) is 0 Å². The molecule has 0 aromatic carbocycles. The number of hydrogen-bond acceptors (Lipinski definition) is 5. The van der Waals surface area contributed by atoms with E-state index in [0.29, 0.717) is 22.4 Å². The Morgan fingerprint density at radius 3 is 2.82 bits per heavy atom. The van der Waals surface area contributed by atoms with Crippen molar-refractivity contribution in [3.05, 3.63) is 29.2 Å². The molecule has 0 amide bonds. The van der Waals surface area contributed by atoms with Crippen molar-refractivity contribution < 1.29 is 0 Å². The molecular formula is C11H12ClN5. The number of nitrogens with two attached hydrogens (primary N) is 1. The van der Waals surface area contributed by atoms with Gasteiger partial charge in [0.05, 0.1) is 5.02 Å². The first-order valence-corrected chi connectivity index (χ1v) is 5.70. The maximum atomic E-state index is 6.04. The molecule has 0 saturated carbocycles. The van der Waals surface area contributed by atoms with E-state index in [2.05, 4.69) is 19.9 Å². The summed E-state index contributed by atoms with van der Waals surface area (Å²) in [7, 11) is 0. The second-order valence-electron chi connectivity index (χ2n) is 3.52. The van der Waals surface area contributed by atoms with E-state index in [1.165, 1.54) is 0 Å². The van der Waals surface area contributed by atoms with Crippen LogP contribution in [0.4, 0.5) is 5.95 Å². The van der Waals surface area contributed by atoms with Crippen LogP contribution in [-0.4, -0.2) is 19.9 Å². The van der Waals surface area contributed by atoms with Crippen LogP contribution < -0.4 is 5.73 Å². The van der Waals surface area contributed by atoms with Crippen LogP contribution in [-0.2, 0) is 6.42 Å². The van der Waals surface area contributed by atoms with Crippen LogP contribution in [0, 0.1) is 0 Å². The molecule has 0 bridgehead atoms. The lowest BCUT2D eigenvalue weighted by molar-refractivity contribution is 0.823. The maximum absolute atomic E-state index is 6.04. The van der Waals surface area contributed by atoms with Crippen LogP contribution in [0.5, 0.6) is 0 Å². The van der Waals surface area contributed by atoms with Crippen molar-refractivity contribution in [1.29, 1.82) is 0 Å². The minimum Gasteiger partial charge on any atom is -0.368 e. The third-order valence-corrected chi connectivity index (χ3v) is 2.45. The lowest BCUT2D eigenvalue weighted by Gasteiger charge is -2.04. The second kappa shape index (κ2) is 5.05. The lowest BCUT2D eigenvalue weighted by Crippen LogP contribution is -2.05. The van der Waals surface area contributed by atoms with Crippen molar-refractivity contribution in [3.63, 3.8) is 0 Å². The standard InChI is InChI=1S/C11H12ClN5/c1-2-4-8-15-10(17-11(13)16-8)9-7(12)5-3-6-14-9/h3,5-6H,2,4H2,1H3,(H2,13,15,16,17). The Balaban J connectivity index is 2.48. The summed E-state index contributed by atoms with van der Waals surface area (Å²) in [5.41, 5.74) is 6.17. The fourth-order valence-corrected chi connectivity index (χ4v) is 1.64. The smallest absolute Gasteiger partial charge is 0.223 e. The Labute approximate surface area is 104 Å². The zero-order chi connectivity index (χ0) is 12.3. The first-order valence-electron chi connectivity index (χ1n) is 5.32. The van der Waals surface area contributed by atoms with Crippen molar-refractivity contribution in [2.24, 2.45) is 0 Å². The van der Waals surface area contributed by atoms with Crippen LogP contribution in [0.25, 0.3) is 11.5 Å². The summed E-state index contributed by atoms with van der Waals surface area (Å²) in [6.45, 7) is 2.05. The molecule has 0 aliphatic carbocycles. The van der Waals surface area contributed by atoms with Gasteiger partial charge in [-0.1, -0.05) is 18.5 Å². The lowest BCUT2D eigenvalue weighted by atomic mass is 10.3. The number of rotatable bonds is 3. The first-order chi connectivity index (χ1) is 8.20. The first kappa shape index (κ1) is 11.7. The molecule has 0 atom stereocenters. The Hall–Kier alpha value is -1.75. The minimum atomic E-state index is 0.195. The van der Waals surface area contributed by atoms with E-state index in [0.717, 1.165) is 12.8 Å². The van der Waals surface area contributed by atoms with Crippen LogP contribution in [0.15, 0.2) is 18.3 Å². The number of anilines is 1. The average molecular weight is 250 g/mol. The average Bonchev–Trinajstić information content (AvgIpc) is 2.29. The molecular weight excluding hydrogens is 238 g/mol. The van der Waals surface area contributed by atoms with Gasteiger partial charge in [0.2, 0.25) is 5.95 Å². The van der Waals surface area contributed by atoms with Crippen molar-refractivity contribution in [2.45, 2.75) is 19.8 Å². The highest BCUT2D eigenvalue weighted by molar-refractivity contribution is 6.32. The molecule has 2 aromatic rings. The second-order valence-corrected chi connectivity index (χ2v) is 3.92. The summed E-state index contributed by atoms with van der Waals surface area (Å²) in [6, 6.07) is 3.49. The molecule has 0 unspecified atom stereocenters. The summed E-state index contributed by atoms with van der Waals surface area (Å²) in [6.07, 6.45) is 3.34. The highest BCUT2D eigenvalue weighted by Crippen LogP contribution is 2.22. The number of nitrogen functional groups attached to an aromatic ring is 1. The zero-order valence-electron chi connectivity index (χ0n) is 9.39. The van der Waals surface area contributed by atoms with E-state index < -0.39 is 0 Å². The fourth-order valence-electron chi connectivity index (χ4n) is 1.43. The zero-order valence-corrected chi connectivity index (χ0v) is 10.1. The quantitative estimate of drug-likeness (QED) is 0.902. The van der Waals surface area contributed by atoms with Crippen molar-refractivity contribution in [3.8, 4) is 11.5 Å². The van der Waals surface area contributed by atoms with E-state index in [9.17, 15) is 0 Å². The molecule has 6 heteroatoms. The van der Waals surface area contributed by atoms with Crippen LogP contribution in [0.1, 0.15) is 19.2 Å². The minimum absolute atomic E-state index is 0.195. The maximum Gasteiger partial charge on any atom is 0.223 e. The van der Waals surface area contributed by atoms with E-state index in [4.69, 9.17) is 17.3 Å². The van der Waals surface area contributed by atoms with Crippen LogP contribution in [0.3, 0.4) is 0 Å². The molecule has 0 aliphatic rings. The van der Waals surface area contributed by atoms with E-state index in [1.807, 2.05) is 6.92 Å². The molecule has 0 spiro atoms. The van der Waals surface area contributed by atoms with Gasteiger partial charge in [0.1, 0.15) is 11.5 Å². The van der Waals surface area contributed by atoms with E-state index in [-0.39, 0.29) is 5.95 Å². The number of aryl methyl sites for hydroxylation is 1. The molecule has 0 saturated heterocycles. The Morgan fingerprint density at radius 2 is 2.12 bits per heavy atom. The molecule has 0 radical (unpaired) electrons. The summed E-state index contributed by atoms with van der Waals surface area (Å²) in [5, 5.41) is 0.501. The molecule has 17 heavy (non-hydrogen) atoms. The fraction of sp³-hybridized carbons (Fsp3) is 0.273. The monoisotopic (exact) mass is 249 g/mol. The molecule has 0 fully saturated rings. The third kappa shape index (κ3) is 2.68. The Morgan fingerprint density at radius 1 is 1.29 bits per heavy atom. The summed E-state index contributed by atoms with van der Waals surface area (Å²) in [5.74, 6) is 1.28. The summed E-state index contributed by atoms with van der Waals surface area (Å²) in [4.78, 5) is 16.6. The molecule has 88 valence electrons. The molecule has 2 aromatic heterocycles. The van der Waals surface area contributed by atoms with Gasteiger partial charge < -0.3 is 5.73 Å². The normalized spacial score (nSPS) is 10.5. The van der Waals surface area contributed by atoms with Gasteiger partial charge in [0, 0.05) is 12.6 Å². The van der Waals surface area contributed by atoms with Crippen molar-refractivity contribution in [2.75, 3.05) is 5.73 Å². The third-order valence-electron chi connectivity index (χ3n) is 2.14. The van der Waals surface area contributed by atoms with Crippen LogP contribution in [0.2, 0.25) is 5.02 Å². The highest BCUT2D eigenvalue weighted by atomic mass is 35.5. The van der Waals surface area contributed by atoms with Gasteiger partial charge in [-0.05, 0) is 18.6 Å². The highest BCUT2D eigenvalue weighted by Gasteiger charge is 2.10. The number of pyridine rings is 1. The Bertz CT molecular complexity index is 529. The van der Waals surface area contributed by atoms with Gasteiger partial charge in [-0.3, -0.25) is 4.98 Å². The molecule has 5 nitrogen and oxygen atoms in total. The summed E-state index contributed by atoms with van der Waals surface area (Å²) >= 11 is 6.04. The van der Waals surface area contributed by atoms with Gasteiger partial charge >= 0.3 is 0 Å². The molecule has 0 aliphatic heterocycles. The SMILES string of the molecule is CCCc1nc(N)nc(-c2ncccc2Cl)n1. The largest absolute Gasteiger partial charge is 0.368 e. The van der Waals surface area contributed by atoms with Crippen molar-refractivity contribution in [1.82, 2.24) is 19.9 Å². The topological polar surface area (TPSA) is 77.6 Å². The number of halogens is 1. The van der Waals surface area contributed by atoms with Gasteiger partial charge in [-0.25, -0.2) is 4.98 Å². The van der Waals surface area contributed by atoms with E-state index >= 15 is 0 Å². The van der Waals surface area contributed by atoms with Crippen LogP contribution >= 0.6 is 11.6 Å².